The molecule has 1 aromatic carbocycles. The van der Waals surface area contributed by atoms with Crippen LogP contribution in [-0.2, 0) is 21.4 Å². The lowest BCUT2D eigenvalue weighted by Crippen LogP contribution is -2.39. The average Bonchev–Trinajstić information content (AvgIpc) is 2.54. The maximum atomic E-state index is 12.2. The van der Waals surface area contributed by atoms with Crippen molar-refractivity contribution in [2.75, 3.05) is 26.2 Å². The van der Waals surface area contributed by atoms with Crippen molar-refractivity contribution in [2.24, 2.45) is 5.73 Å². The predicted octanol–water partition coefficient (Wildman–Crippen LogP) is 0.0241. The Balaban J connectivity index is 1.87. The fraction of sp³-hybridized carbons (Fsp3) is 0.562. The second-order valence-corrected chi connectivity index (χ2v) is 7.91. The van der Waals surface area contributed by atoms with Crippen LogP contribution < -0.4 is 15.8 Å². The van der Waals surface area contributed by atoms with E-state index in [2.05, 4.69) is 14.9 Å². The van der Waals surface area contributed by atoms with E-state index in [0.29, 0.717) is 6.04 Å². The molecule has 0 aliphatic carbocycles. The summed E-state index contributed by atoms with van der Waals surface area (Å²) in [6.45, 7) is 4.59. The Hall–Kier alpha value is -1.48. The summed E-state index contributed by atoms with van der Waals surface area (Å²) in [5.74, 6) is -0.183. The van der Waals surface area contributed by atoms with Crippen LogP contribution in [0, 0.1) is 0 Å². The number of carbonyl (C=O) groups excluding carboxylic acids is 1. The zero-order valence-corrected chi connectivity index (χ0v) is 14.8. The maximum Gasteiger partial charge on any atom is 0.240 e. The first-order valence-electron chi connectivity index (χ1n) is 8.18. The number of carbonyl (C=O) groups is 1. The molecular weight excluding hydrogens is 328 g/mol. The number of sulfonamides is 1. The van der Waals surface area contributed by atoms with Crippen molar-refractivity contribution in [2.45, 2.75) is 37.2 Å². The van der Waals surface area contributed by atoms with Gasteiger partial charge in [-0.25, -0.2) is 13.1 Å². The molecule has 0 unspecified atom stereocenters. The summed E-state index contributed by atoms with van der Waals surface area (Å²) in [5.41, 5.74) is 6.99. The van der Waals surface area contributed by atoms with E-state index in [-0.39, 0.29) is 23.9 Å². The number of hydrogen-bond donors (Lipinski definition) is 3. The Morgan fingerprint density at radius 3 is 2.42 bits per heavy atom. The molecule has 0 saturated carbocycles. The lowest BCUT2D eigenvalue weighted by Gasteiger charge is -2.30. The fourth-order valence-corrected chi connectivity index (χ4v) is 3.68. The van der Waals surface area contributed by atoms with Crippen molar-refractivity contribution in [1.82, 2.24) is 14.9 Å². The monoisotopic (exact) mass is 354 g/mol. The number of hydrogen-bond acceptors (Lipinski definition) is 5. The third-order valence-electron chi connectivity index (χ3n) is 4.06. The van der Waals surface area contributed by atoms with Crippen LogP contribution in [0.3, 0.4) is 0 Å². The van der Waals surface area contributed by atoms with Crippen molar-refractivity contribution >= 4 is 15.9 Å². The number of nitrogens with one attached hydrogen (secondary N) is 2. The van der Waals surface area contributed by atoms with Gasteiger partial charge in [0.1, 0.15) is 0 Å². The molecule has 0 spiro atoms. The Kier molecular flexibility index (Phi) is 6.73. The molecule has 2 rings (SSSR count). The van der Waals surface area contributed by atoms with E-state index >= 15 is 0 Å². The second-order valence-electron chi connectivity index (χ2n) is 6.14. The van der Waals surface area contributed by atoms with Gasteiger partial charge < -0.3 is 11.1 Å². The van der Waals surface area contributed by atoms with E-state index in [9.17, 15) is 13.2 Å². The van der Waals surface area contributed by atoms with Crippen molar-refractivity contribution in [3.63, 3.8) is 0 Å². The molecule has 1 aliphatic rings. The highest BCUT2D eigenvalue weighted by Gasteiger charge is 2.17. The van der Waals surface area contributed by atoms with Gasteiger partial charge in [0, 0.05) is 32.6 Å². The van der Waals surface area contributed by atoms with Gasteiger partial charge in [0.15, 0.2) is 0 Å². The van der Waals surface area contributed by atoms with Gasteiger partial charge in [-0.05, 0) is 43.6 Å². The minimum atomic E-state index is -3.55. The van der Waals surface area contributed by atoms with Crippen molar-refractivity contribution < 1.29 is 13.2 Å². The minimum Gasteiger partial charge on any atom is -0.355 e. The lowest BCUT2D eigenvalue weighted by atomic mass is 10.1. The molecular formula is C16H26N4O3S. The van der Waals surface area contributed by atoms with E-state index in [1.807, 2.05) is 12.1 Å². The van der Waals surface area contributed by atoms with Crippen molar-refractivity contribution in [1.29, 1.82) is 0 Å². The average molecular weight is 354 g/mol. The lowest BCUT2D eigenvalue weighted by molar-refractivity contribution is -0.118. The Bertz CT molecular complexity index is 638. The molecule has 1 saturated heterocycles. The Labute approximate surface area is 143 Å². The first-order valence-corrected chi connectivity index (χ1v) is 9.66. The third kappa shape index (κ3) is 5.86. The van der Waals surface area contributed by atoms with Gasteiger partial charge >= 0.3 is 0 Å². The largest absolute Gasteiger partial charge is 0.355 e. The van der Waals surface area contributed by atoms with E-state index in [0.717, 1.165) is 38.0 Å². The number of piperidine rings is 1. The summed E-state index contributed by atoms with van der Waals surface area (Å²) in [5, 5.41) is 2.55. The van der Waals surface area contributed by atoms with Crippen LogP contribution in [-0.4, -0.2) is 51.4 Å². The molecule has 0 atom stereocenters. The quantitative estimate of drug-likeness (QED) is 0.599. The molecule has 0 aromatic heterocycles. The summed E-state index contributed by atoms with van der Waals surface area (Å²) in [6, 6.07) is 7.23. The van der Waals surface area contributed by atoms with Crippen molar-refractivity contribution in [3.05, 3.63) is 29.8 Å². The van der Waals surface area contributed by atoms with Crippen LogP contribution in [0.4, 0.5) is 0 Å². The highest BCUT2D eigenvalue weighted by atomic mass is 32.2. The molecule has 8 heteroatoms. The SMILES string of the molecule is CC(=O)NCCNS(=O)(=O)c1ccc(CN2CCC(N)CC2)cc1. The molecule has 0 radical (unpaired) electrons. The summed E-state index contributed by atoms with van der Waals surface area (Å²) >= 11 is 0. The Morgan fingerprint density at radius 1 is 1.21 bits per heavy atom. The molecule has 1 heterocycles. The summed E-state index contributed by atoms with van der Waals surface area (Å²) < 4.78 is 26.8. The van der Waals surface area contributed by atoms with Crippen LogP contribution in [0.15, 0.2) is 29.2 Å². The molecule has 1 amide bonds. The summed E-state index contributed by atoms with van der Waals surface area (Å²) in [6.07, 6.45) is 2.01. The smallest absolute Gasteiger partial charge is 0.240 e. The van der Waals surface area contributed by atoms with Crippen LogP contribution >= 0.6 is 0 Å². The van der Waals surface area contributed by atoms with Crippen LogP contribution in [0.2, 0.25) is 0 Å². The molecule has 24 heavy (non-hydrogen) atoms. The fourth-order valence-electron chi connectivity index (χ4n) is 2.65. The van der Waals surface area contributed by atoms with Gasteiger partial charge in [0.2, 0.25) is 15.9 Å². The summed E-state index contributed by atoms with van der Waals surface area (Å²) in [7, 11) is -3.55. The van der Waals surface area contributed by atoms with Gasteiger partial charge in [0.05, 0.1) is 4.90 Å². The number of likely N-dealkylation sites (tertiary alicyclic amines) is 1. The normalized spacial score (nSPS) is 16.9. The number of benzene rings is 1. The number of amides is 1. The minimum absolute atomic E-state index is 0.164. The number of nitrogens with two attached hydrogens (primary N) is 1. The molecule has 0 bridgehead atoms. The van der Waals surface area contributed by atoms with E-state index in [1.54, 1.807) is 12.1 Å². The van der Waals surface area contributed by atoms with Gasteiger partial charge in [-0.2, -0.15) is 0 Å². The van der Waals surface area contributed by atoms with E-state index in [1.165, 1.54) is 6.92 Å². The molecule has 4 N–H and O–H groups in total. The van der Waals surface area contributed by atoms with E-state index in [4.69, 9.17) is 5.73 Å². The zero-order valence-electron chi connectivity index (χ0n) is 14.0. The Morgan fingerprint density at radius 2 is 1.83 bits per heavy atom. The van der Waals surface area contributed by atoms with Gasteiger partial charge in [-0.1, -0.05) is 12.1 Å². The first kappa shape index (κ1) is 18.9. The predicted molar refractivity (Wildman–Crippen MR) is 92.8 cm³/mol. The third-order valence-corrected chi connectivity index (χ3v) is 5.54. The molecule has 1 fully saturated rings. The van der Waals surface area contributed by atoms with Crippen LogP contribution in [0.5, 0.6) is 0 Å². The zero-order chi connectivity index (χ0) is 17.6. The molecule has 7 nitrogen and oxygen atoms in total. The highest BCUT2D eigenvalue weighted by molar-refractivity contribution is 7.89. The molecule has 1 aromatic rings. The number of nitrogens with zero attached hydrogens (tertiary/aromatic N) is 1. The maximum absolute atomic E-state index is 12.2. The molecule has 134 valence electrons. The summed E-state index contributed by atoms with van der Waals surface area (Å²) in [4.78, 5) is 13.3. The first-order chi connectivity index (χ1) is 11.4. The van der Waals surface area contributed by atoms with Gasteiger partial charge in [-0.15, -0.1) is 0 Å². The van der Waals surface area contributed by atoms with Crippen LogP contribution in [0.25, 0.3) is 0 Å². The van der Waals surface area contributed by atoms with Gasteiger partial charge in [-0.3, -0.25) is 9.69 Å². The van der Waals surface area contributed by atoms with Crippen molar-refractivity contribution in [3.8, 4) is 0 Å². The number of rotatable bonds is 7. The van der Waals surface area contributed by atoms with Crippen LogP contribution in [0.1, 0.15) is 25.3 Å². The highest BCUT2D eigenvalue weighted by Crippen LogP contribution is 2.15. The topological polar surface area (TPSA) is 105 Å². The standard InChI is InChI=1S/C16H26N4O3S/c1-13(21)18-8-9-19-24(22,23)16-4-2-14(3-5-16)12-20-10-6-15(17)7-11-20/h2-5,15,19H,6-12,17H2,1H3,(H,18,21). The molecule has 1 aliphatic heterocycles. The second kappa shape index (κ2) is 8.57. The van der Waals surface area contributed by atoms with E-state index < -0.39 is 10.0 Å². The van der Waals surface area contributed by atoms with Gasteiger partial charge in [0.25, 0.3) is 0 Å².